The van der Waals surface area contributed by atoms with Gasteiger partial charge in [-0.3, -0.25) is 14.6 Å². The highest BCUT2D eigenvalue weighted by Gasteiger charge is 2.13. The number of hydrogen-bond acceptors (Lipinski definition) is 4. The Balaban J connectivity index is 1.76. The minimum Gasteiger partial charge on any atom is -0.321 e. The van der Waals surface area contributed by atoms with Crippen LogP contribution in [-0.2, 0) is 0 Å². The number of para-hydroxylation sites is 1. The molecule has 6 heteroatoms. The molecule has 0 aliphatic rings. The summed E-state index contributed by atoms with van der Waals surface area (Å²) in [5.74, 6) is -0.838. The summed E-state index contributed by atoms with van der Waals surface area (Å²) in [5.41, 5.74) is 2.89. The molecule has 0 bridgehead atoms. The fourth-order valence-electron chi connectivity index (χ4n) is 2.41. The Kier molecular flexibility index (Phi) is 5.24. The molecular formula is C21H16N4O2. The van der Waals surface area contributed by atoms with Crippen molar-refractivity contribution < 1.29 is 9.59 Å². The van der Waals surface area contributed by atoms with E-state index in [2.05, 4.69) is 15.6 Å². The van der Waals surface area contributed by atoms with Gasteiger partial charge < -0.3 is 10.6 Å². The van der Waals surface area contributed by atoms with Gasteiger partial charge in [-0.25, -0.2) is 0 Å². The van der Waals surface area contributed by atoms with Crippen molar-refractivity contribution in [3.05, 3.63) is 89.2 Å². The number of pyridine rings is 1. The predicted octanol–water partition coefficient (Wildman–Crippen LogP) is 3.77. The molecule has 0 saturated heterocycles. The first-order chi connectivity index (χ1) is 13.1. The molecule has 6 nitrogen and oxygen atoms in total. The Morgan fingerprint density at radius 1 is 0.963 bits per heavy atom. The van der Waals surface area contributed by atoms with Gasteiger partial charge in [0.05, 0.1) is 11.3 Å². The van der Waals surface area contributed by atoms with Crippen LogP contribution >= 0.6 is 0 Å². The maximum absolute atomic E-state index is 12.5. The third-order valence-electron chi connectivity index (χ3n) is 3.86. The van der Waals surface area contributed by atoms with Crippen LogP contribution in [0.15, 0.2) is 66.9 Å². The lowest BCUT2D eigenvalue weighted by Gasteiger charge is -2.08. The van der Waals surface area contributed by atoms with E-state index in [1.54, 1.807) is 36.4 Å². The zero-order valence-corrected chi connectivity index (χ0v) is 14.6. The van der Waals surface area contributed by atoms with Gasteiger partial charge in [-0.05, 0) is 43.3 Å². The molecule has 3 aromatic rings. The molecule has 0 aliphatic carbocycles. The Morgan fingerprint density at radius 2 is 1.70 bits per heavy atom. The second kappa shape index (κ2) is 7.93. The molecule has 27 heavy (non-hydrogen) atoms. The molecule has 2 N–H and O–H groups in total. The second-order valence-electron chi connectivity index (χ2n) is 5.86. The SMILES string of the molecule is Cc1ccc(NC(=O)c2cc(C(=O)Nc3ccccc3C#N)ccn2)cc1. The van der Waals surface area contributed by atoms with E-state index in [4.69, 9.17) is 5.26 Å². The number of hydrogen-bond donors (Lipinski definition) is 2. The van der Waals surface area contributed by atoms with Crippen molar-refractivity contribution in [2.75, 3.05) is 10.6 Å². The average Bonchev–Trinajstić information content (AvgIpc) is 2.70. The van der Waals surface area contributed by atoms with Crippen molar-refractivity contribution >= 4 is 23.2 Å². The van der Waals surface area contributed by atoms with Gasteiger partial charge in [0.25, 0.3) is 11.8 Å². The molecular weight excluding hydrogens is 340 g/mol. The zero-order valence-electron chi connectivity index (χ0n) is 14.6. The van der Waals surface area contributed by atoms with Gasteiger partial charge in [-0.1, -0.05) is 29.8 Å². The summed E-state index contributed by atoms with van der Waals surface area (Å²) < 4.78 is 0. The van der Waals surface area contributed by atoms with E-state index in [1.807, 2.05) is 25.1 Å². The molecule has 0 radical (unpaired) electrons. The zero-order chi connectivity index (χ0) is 19.2. The summed E-state index contributed by atoms with van der Waals surface area (Å²) in [4.78, 5) is 28.9. The number of nitrogens with zero attached hydrogens (tertiary/aromatic N) is 2. The largest absolute Gasteiger partial charge is 0.321 e. The molecule has 132 valence electrons. The van der Waals surface area contributed by atoms with Crippen LogP contribution in [-0.4, -0.2) is 16.8 Å². The van der Waals surface area contributed by atoms with Crippen molar-refractivity contribution in [3.63, 3.8) is 0 Å². The number of nitrogens with one attached hydrogen (secondary N) is 2. The molecule has 0 fully saturated rings. The Labute approximate surface area is 156 Å². The van der Waals surface area contributed by atoms with Crippen LogP contribution in [0.25, 0.3) is 0 Å². The van der Waals surface area contributed by atoms with Crippen LogP contribution < -0.4 is 10.6 Å². The van der Waals surface area contributed by atoms with Crippen LogP contribution in [0.2, 0.25) is 0 Å². The highest BCUT2D eigenvalue weighted by Crippen LogP contribution is 2.16. The van der Waals surface area contributed by atoms with Crippen molar-refractivity contribution in [1.29, 1.82) is 5.26 Å². The molecule has 0 aliphatic heterocycles. The lowest BCUT2D eigenvalue weighted by molar-refractivity contribution is 0.102. The number of carbonyl (C=O) groups excluding carboxylic acids is 2. The van der Waals surface area contributed by atoms with E-state index >= 15 is 0 Å². The van der Waals surface area contributed by atoms with Gasteiger partial charge >= 0.3 is 0 Å². The normalized spacial score (nSPS) is 9.93. The number of benzene rings is 2. The molecule has 0 atom stereocenters. The molecule has 0 unspecified atom stereocenters. The number of rotatable bonds is 4. The smallest absolute Gasteiger partial charge is 0.274 e. The Hall–Kier alpha value is -3.98. The summed E-state index contributed by atoms with van der Waals surface area (Å²) in [7, 11) is 0. The van der Waals surface area contributed by atoms with Crippen molar-refractivity contribution in [2.45, 2.75) is 6.92 Å². The van der Waals surface area contributed by atoms with Gasteiger partial charge in [-0.2, -0.15) is 5.26 Å². The number of carbonyl (C=O) groups is 2. The fourth-order valence-corrected chi connectivity index (χ4v) is 2.41. The number of aromatic nitrogens is 1. The summed E-state index contributed by atoms with van der Waals surface area (Å²) in [6.07, 6.45) is 1.40. The van der Waals surface area contributed by atoms with Crippen LogP contribution in [0.1, 0.15) is 32.0 Å². The molecule has 0 saturated carbocycles. The van der Waals surface area contributed by atoms with Gasteiger partial charge in [0.1, 0.15) is 11.8 Å². The van der Waals surface area contributed by atoms with Gasteiger partial charge in [0.2, 0.25) is 0 Å². The fraction of sp³-hybridized carbons (Fsp3) is 0.0476. The molecule has 1 aromatic heterocycles. The van der Waals surface area contributed by atoms with Crippen LogP contribution in [0.4, 0.5) is 11.4 Å². The molecule has 0 spiro atoms. The van der Waals surface area contributed by atoms with Gasteiger partial charge in [0, 0.05) is 17.4 Å². The van der Waals surface area contributed by atoms with Gasteiger partial charge in [0.15, 0.2) is 0 Å². The Bertz CT molecular complexity index is 1040. The summed E-state index contributed by atoms with van der Waals surface area (Å²) in [5, 5.41) is 14.5. The first-order valence-corrected chi connectivity index (χ1v) is 8.21. The number of aryl methyl sites for hydroxylation is 1. The van der Waals surface area contributed by atoms with Crippen LogP contribution in [0, 0.1) is 18.3 Å². The third-order valence-corrected chi connectivity index (χ3v) is 3.86. The summed E-state index contributed by atoms with van der Waals surface area (Å²) >= 11 is 0. The van der Waals surface area contributed by atoms with E-state index in [9.17, 15) is 9.59 Å². The molecule has 3 rings (SSSR count). The van der Waals surface area contributed by atoms with E-state index in [-0.39, 0.29) is 11.3 Å². The van der Waals surface area contributed by atoms with Crippen molar-refractivity contribution in [2.24, 2.45) is 0 Å². The van der Waals surface area contributed by atoms with Crippen LogP contribution in [0.3, 0.4) is 0 Å². The topological polar surface area (TPSA) is 94.9 Å². The molecule has 2 amide bonds. The quantitative estimate of drug-likeness (QED) is 0.744. The highest BCUT2D eigenvalue weighted by atomic mass is 16.2. The minimum absolute atomic E-state index is 0.122. The first kappa shape index (κ1) is 17.8. The summed E-state index contributed by atoms with van der Waals surface area (Å²) in [6.45, 7) is 1.96. The maximum Gasteiger partial charge on any atom is 0.274 e. The molecule has 2 aromatic carbocycles. The predicted molar refractivity (Wildman–Crippen MR) is 102 cm³/mol. The number of amides is 2. The van der Waals surface area contributed by atoms with E-state index in [1.165, 1.54) is 18.3 Å². The summed E-state index contributed by atoms with van der Waals surface area (Å²) in [6, 6.07) is 19.0. The van der Waals surface area contributed by atoms with E-state index in [0.717, 1.165) is 5.56 Å². The number of nitriles is 1. The standard InChI is InChI=1S/C21H16N4O2/c1-14-6-8-17(9-7-14)24-21(27)19-12-15(10-11-23-19)20(26)25-18-5-3-2-4-16(18)13-22/h2-12H,1H3,(H,24,27)(H,25,26). The van der Waals surface area contributed by atoms with Gasteiger partial charge in [-0.15, -0.1) is 0 Å². The monoisotopic (exact) mass is 356 g/mol. The second-order valence-corrected chi connectivity index (χ2v) is 5.86. The number of anilines is 2. The minimum atomic E-state index is -0.426. The van der Waals surface area contributed by atoms with Crippen molar-refractivity contribution in [1.82, 2.24) is 4.98 Å². The third kappa shape index (κ3) is 4.35. The van der Waals surface area contributed by atoms with E-state index < -0.39 is 11.8 Å². The molecule has 1 heterocycles. The maximum atomic E-state index is 12.5. The lowest BCUT2D eigenvalue weighted by Crippen LogP contribution is -2.17. The highest BCUT2D eigenvalue weighted by molar-refractivity contribution is 6.08. The average molecular weight is 356 g/mol. The van der Waals surface area contributed by atoms with Crippen molar-refractivity contribution in [3.8, 4) is 6.07 Å². The van der Waals surface area contributed by atoms with E-state index in [0.29, 0.717) is 16.9 Å². The van der Waals surface area contributed by atoms with Crippen LogP contribution in [0.5, 0.6) is 0 Å². The first-order valence-electron chi connectivity index (χ1n) is 8.21. The lowest BCUT2D eigenvalue weighted by atomic mass is 10.1. The Morgan fingerprint density at radius 3 is 2.44 bits per heavy atom.